The Morgan fingerprint density at radius 3 is 2.57 bits per heavy atom. The fourth-order valence-corrected chi connectivity index (χ4v) is 2.85. The second-order valence-electron chi connectivity index (χ2n) is 5.15. The van der Waals surface area contributed by atoms with E-state index in [9.17, 15) is 4.79 Å². The zero-order valence-corrected chi connectivity index (χ0v) is 13.5. The van der Waals surface area contributed by atoms with E-state index in [0.29, 0.717) is 16.7 Å². The Morgan fingerprint density at radius 2 is 1.91 bits per heavy atom. The Balaban J connectivity index is 1.65. The van der Waals surface area contributed by atoms with Crippen LogP contribution < -0.4 is 10.5 Å². The number of aryl methyl sites for hydroxylation is 1. The number of hydrogen-bond acceptors (Lipinski definition) is 4. The Kier molecular flexibility index (Phi) is 4.48. The van der Waals surface area contributed by atoms with Crippen LogP contribution in [-0.4, -0.2) is 11.1 Å². The van der Waals surface area contributed by atoms with Crippen LogP contribution in [-0.2, 0) is 11.4 Å². The highest BCUT2D eigenvalue weighted by Crippen LogP contribution is 2.27. The lowest BCUT2D eigenvalue weighted by atomic mass is 10.1. The second kappa shape index (κ2) is 6.71. The smallest absolute Gasteiger partial charge is 0.286 e. The van der Waals surface area contributed by atoms with Gasteiger partial charge >= 0.3 is 0 Å². The van der Waals surface area contributed by atoms with Crippen molar-refractivity contribution in [2.75, 3.05) is 0 Å². The number of nitrogens with zero attached hydrogens (tertiary/aromatic N) is 1. The summed E-state index contributed by atoms with van der Waals surface area (Å²) in [6.07, 6.45) is 1.78. The normalized spacial score (nSPS) is 15.8. The lowest BCUT2D eigenvalue weighted by Gasteiger charge is -2.08. The van der Waals surface area contributed by atoms with Crippen molar-refractivity contribution in [3.8, 4) is 5.75 Å². The summed E-state index contributed by atoms with van der Waals surface area (Å²) in [7, 11) is 0. The van der Waals surface area contributed by atoms with Gasteiger partial charge in [-0.05, 0) is 53.6 Å². The predicted molar refractivity (Wildman–Crippen MR) is 94.2 cm³/mol. The Bertz CT molecular complexity index is 795. The lowest BCUT2D eigenvalue weighted by Crippen LogP contribution is -2.01. The van der Waals surface area contributed by atoms with Crippen LogP contribution in [0.15, 0.2) is 58.4 Å². The standard InChI is InChI=1S/C18H16N2O2S/c1-12-4-2-3-5-14(12)11-22-15-8-6-13(7-9-15)10-16-17(21)20-18(19)23-16/h2-10H,11H2,1H3,(H2,19,20,21)/b16-10+. The lowest BCUT2D eigenvalue weighted by molar-refractivity contribution is -0.113. The number of nitrogens with two attached hydrogens (primary N) is 1. The summed E-state index contributed by atoms with van der Waals surface area (Å²) in [5.74, 6) is 0.504. The quantitative estimate of drug-likeness (QED) is 0.874. The summed E-state index contributed by atoms with van der Waals surface area (Å²) in [5.41, 5.74) is 8.82. The van der Waals surface area contributed by atoms with Crippen LogP contribution in [0.1, 0.15) is 16.7 Å². The van der Waals surface area contributed by atoms with Gasteiger partial charge in [-0.3, -0.25) is 4.79 Å². The molecule has 0 bridgehead atoms. The van der Waals surface area contributed by atoms with Crippen molar-refractivity contribution in [1.29, 1.82) is 0 Å². The van der Waals surface area contributed by atoms with Crippen molar-refractivity contribution < 1.29 is 9.53 Å². The van der Waals surface area contributed by atoms with Crippen LogP contribution in [0.2, 0.25) is 0 Å². The van der Waals surface area contributed by atoms with Gasteiger partial charge in [0, 0.05) is 0 Å². The van der Waals surface area contributed by atoms with E-state index in [0.717, 1.165) is 11.3 Å². The average Bonchev–Trinajstić information content (AvgIpc) is 2.85. The van der Waals surface area contributed by atoms with E-state index in [2.05, 4.69) is 24.0 Å². The van der Waals surface area contributed by atoms with Crippen molar-refractivity contribution in [2.24, 2.45) is 10.7 Å². The van der Waals surface area contributed by atoms with E-state index in [-0.39, 0.29) is 5.91 Å². The van der Waals surface area contributed by atoms with Gasteiger partial charge in [0.1, 0.15) is 12.4 Å². The molecule has 1 aliphatic heterocycles. The highest BCUT2D eigenvalue weighted by atomic mass is 32.2. The van der Waals surface area contributed by atoms with Gasteiger partial charge in [0.15, 0.2) is 5.17 Å². The number of ether oxygens (including phenoxy) is 1. The first-order valence-electron chi connectivity index (χ1n) is 7.17. The molecule has 0 atom stereocenters. The maximum atomic E-state index is 11.6. The number of amides is 1. The SMILES string of the molecule is Cc1ccccc1COc1ccc(/C=C2/SC(N)=NC2=O)cc1. The highest BCUT2D eigenvalue weighted by molar-refractivity contribution is 8.18. The molecular weight excluding hydrogens is 308 g/mol. The zero-order chi connectivity index (χ0) is 16.2. The van der Waals surface area contributed by atoms with Crippen LogP contribution in [0.4, 0.5) is 0 Å². The summed E-state index contributed by atoms with van der Waals surface area (Å²) >= 11 is 1.19. The van der Waals surface area contributed by atoms with Gasteiger partial charge in [-0.1, -0.05) is 36.4 Å². The molecule has 116 valence electrons. The molecule has 0 unspecified atom stereocenters. The maximum absolute atomic E-state index is 11.6. The number of rotatable bonds is 4. The van der Waals surface area contributed by atoms with Crippen LogP contribution in [0.3, 0.4) is 0 Å². The van der Waals surface area contributed by atoms with Crippen LogP contribution >= 0.6 is 11.8 Å². The third kappa shape index (κ3) is 3.81. The minimum atomic E-state index is -0.285. The Morgan fingerprint density at radius 1 is 1.17 bits per heavy atom. The second-order valence-corrected chi connectivity index (χ2v) is 6.21. The molecule has 0 fully saturated rings. The molecule has 0 aromatic heterocycles. The van der Waals surface area contributed by atoms with Gasteiger partial charge in [0.2, 0.25) is 0 Å². The molecule has 2 N–H and O–H groups in total. The highest BCUT2D eigenvalue weighted by Gasteiger charge is 2.19. The number of aliphatic imine (C=N–C) groups is 1. The van der Waals surface area contributed by atoms with Crippen molar-refractivity contribution in [3.63, 3.8) is 0 Å². The van der Waals surface area contributed by atoms with Crippen LogP contribution in [0.25, 0.3) is 6.08 Å². The summed E-state index contributed by atoms with van der Waals surface area (Å²) in [6.45, 7) is 2.60. The van der Waals surface area contributed by atoms with E-state index in [1.807, 2.05) is 36.4 Å². The average molecular weight is 324 g/mol. The number of thioether (sulfide) groups is 1. The van der Waals surface area contributed by atoms with Gasteiger partial charge in [-0.15, -0.1) is 0 Å². The molecule has 23 heavy (non-hydrogen) atoms. The molecule has 1 heterocycles. The van der Waals surface area contributed by atoms with Gasteiger partial charge in [0.25, 0.3) is 5.91 Å². The molecular formula is C18H16N2O2S. The predicted octanol–water partition coefficient (Wildman–Crippen LogP) is 3.50. The van der Waals surface area contributed by atoms with Crippen molar-refractivity contribution in [1.82, 2.24) is 0 Å². The molecule has 0 radical (unpaired) electrons. The Hall–Kier alpha value is -2.53. The first kappa shape index (κ1) is 15.4. The molecule has 3 rings (SSSR count). The molecule has 0 saturated carbocycles. The summed E-state index contributed by atoms with van der Waals surface area (Å²) in [6, 6.07) is 15.7. The van der Waals surface area contributed by atoms with Crippen LogP contribution in [0, 0.1) is 6.92 Å². The molecule has 0 saturated heterocycles. The molecule has 5 heteroatoms. The number of amidine groups is 1. The topological polar surface area (TPSA) is 64.7 Å². The molecule has 1 aliphatic rings. The largest absolute Gasteiger partial charge is 0.489 e. The van der Waals surface area contributed by atoms with Crippen molar-refractivity contribution in [3.05, 3.63) is 70.1 Å². The van der Waals surface area contributed by atoms with E-state index in [4.69, 9.17) is 10.5 Å². The van der Waals surface area contributed by atoms with Crippen molar-refractivity contribution >= 4 is 28.9 Å². The zero-order valence-electron chi connectivity index (χ0n) is 12.7. The minimum Gasteiger partial charge on any atom is -0.489 e. The fourth-order valence-electron chi connectivity index (χ4n) is 2.17. The third-order valence-electron chi connectivity index (χ3n) is 3.47. The first-order valence-corrected chi connectivity index (χ1v) is 7.99. The van der Waals surface area contributed by atoms with Crippen LogP contribution in [0.5, 0.6) is 5.75 Å². The van der Waals surface area contributed by atoms with E-state index in [1.54, 1.807) is 6.08 Å². The van der Waals surface area contributed by atoms with E-state index >= 15 is 0 Å². The molecule has 2 aromatic rings. The summed E-state index contributed by atoms with van der Waals surface area (Å²) in [5, 5.41) is 0.291. The van der Waals surface area contributed by atoms with E-state index in [1.165, 1.54) is 22.9 Å². The van der Waals surface area contributed by atoms with Gasteiger partial charge < -0.3 is 10.5 Å². The number of carbonyl (C=O) groups excluding carboxylic acids is 1. The number of benzene rings is 2. The van der Waals surface area contributed by atoms with Gasteiger partial charge in [-0.25, -0.2) is 0 Å². The summed E-state index contributed by atoms with van der Waals surface area (Å²) in [4.78, 5) is 15.8. The fraction of sp³-hybridized carbons (Fsp3) is 0.111. The molecule has 4 nitrogen and oxygen atoms in total. The number of carbonyl (C=O) groups is 1. The summed E-state index contributed by atoms with van der Waals surface area (Å²) < 4.78 is 5.80. The number of hydrogen-bond donors (Lipinski definition) is 1. The first-order chi connectivity index (χ1) is 11.1. The van der Waals surface area contributed by atoms with Crippen molar-refractivity contribution in [2.45, 2.75) is 13.5 Å². The van der Waals surface area contributed by atoms with Gasteiger partial charge in [0.05, 0.1) is 4.91 Å². The molecule has 0 spiro atoms. The molecule has 1 amide bonds. The van der Waals surface area contributed by atoms with Gasteiger partial charge in [-0.2, -0.15) is 4.99 Å². The van der Waals surface area contributed by atoms with E-state index < -0.39 is 0 Å². The minimum absolute atomic E-state index is 0.285. The molecule has 0 aliphatic carbocycles. The monoisotopic (exact) mass is 324 g/mol. The molecule has 2 aromatic carbocycles. The maximum Gasteiger partial charge on any atom is 0.286 e. The third-order valence-corrected chi connectivity index (χ3v) is 4.28. The Labute approximate surface area is 139 Å².